The van der Waals surface area contributed by atoms with Crippen LogP contribution >= 0.6 is 12.4 Å². The highest BCUT2D eigenvalue weighted by atomic mass is 35.5. The summed E-state index contributed by atoms with van der Waals surface area (Å²) in [6.07, 6.45) is 5.55. The van der Waals surface area contributed by atoms with E-state index in [2.05, 4.69) is 4.72 Å². The molecule has 0 aromatic carbocycles. The van der Waals surface area contributed by atoms with E-state index < -0.39 is 10.2 Å². The summed E-state index contributed by atoms with van der Waals surface area (Å²) in [4.78, 5) is 0. The van der Waals surface area contributed by atoms with Crippen molar-refractivity contribution >= 4 is 22.6 Å². The molecule has 0 radical (unpaired) electrons. The Labute approximate surface area is 110 Å². The normalized spacial score (nSPS) is 31.1. The number of hydrogen-bond donors (Lipinski definition) is 2. The Morgan fingerprint density at radius 1 is 1.06 bits per heavy atom. The van der Waals surface area contributed by atoms with E-state index in [0.717, 1.165) is 38.5 Å². The molecule has 7 heteroatoms. The van der Waals surface area contributed by atoms with Crippen LogP contribution in [0.4, 0.5) is 0 Å². The lowest BCUT2D eigenvalue weighted by Crippen LogP contribution is -2.46. The average molecular weight is 284 g/mol. The van der Waals surface area contributed by atoms with Crippen LogP contribution in [0.1, 0.15) is 38.5 Å². The molecule has 2 aliphatic rings. The molecule has 1 saturated heterocycles. The lowest BCUT2D eigenvalue weighted by Gasteiger charge is -2.28. The first-order valence-corrected chi connectivity index (χ1v) is 7.55. The summed E-state index contributed by atoms with van der Waals surface area (Å²) in [7, 11) is -3.23. The van der Waals surface area contributed by atoms with Gasteiger partial charge < -0.3 is 5.73 Å². The lowest BCUT2D eigenvalue weighted by atomic mass is 9.93. The molecule has 1 heterocycles. The van der Waals surface area contributed by atoms with Crippen molar-refractivity contribution in [2.45, 2.75) is 50.6 Å². The van der Waals surface area contributed by atoms with Crippen molar-refractivity contribution in [1.29, 1.82) is 0 Å². The Bertz CT molecular complexity index is 322. The summed E-state index contributed by atoms with van der Waals surface area (Å²) in [5.74, 6) is 0. The van der Waals surface area contributed by atoms with Crippen molar-refractivity contribution in [2.24, 2.45) is 5.73 Å². The molecule has 3 N–H and O–H groups in total. The molecule has 2 fully saturated rings. The van der Waals surface area contributed by atoms with Gasteiger partial charge in [-0.25, -0.2) is 0 Å². The summed E-state index contributed by atoms with van der Waals surface area (Å²) in [5, 5.41) is 0. The van der Waals surface area contributed by atoms with E-state index in [1.165, 1.54) is 0 Å². The van der Waals surface area contributed by atoms with Gasteiger partial charge in [0.05, 0.1) is 0 Å². The molecule has 1 saturated carbocycles. The Hall–Kier alpha value is 0.120. The molecular formula is C10H22ClN3O2S. The minimum Gasteiger partial charge on any atom is -0.328 e. The maximum atomic E-state index is 12.0. The lowest BCUT2D eigenvalue weighted by molar-refractivity contribution is 0.363. The van der Waals surface area contributed by atoms with Crippen LogP contribution in [0.5, 0.6) is 0 Å². The molecule has 0 spiro atoms. The first-order valence-electron chi connectivity index (χ1n) is 6.11. The number of nitrogens with two attached hydrogens (primary N) is 1. The maximum absolute atomic E-state index is 12.0. The number of nitrogens with zero attached hydrogens (tertiary/aromatic N) is 1. The van der Waals surface area contributed by atoms with E-state index in [0.29, 0.717) is 13.1 Å². The highest BCUT2D eigenvalue weighted by Gasteiger charge is 2.29. The third-order valence-electron chi connectivity index (χ3n) is 3.49. The Kier molecular flexibility index (Phi) is 5.66. The van der Waals surface area contributed by atoms with Gasteiger partial charge in [0.2, 0.25) is 0 Å². The number of halogens is 1. The predicted octanol–water partition coefficient (Wildman–Crippen LogP) is 0.608. The van der Waals surface area contributed by atoms with Gasteiger partial charge in [-0.05, 0) is 38.5 Å². The van der Waals surface area contributed by atoms with Crippen molar-refractivity contribution in [3.63, 3.8) is 0 Å². The molecule has 0 bridgehead atoms. The third kappa shape index (κ3) is 4.06. The Morgan fingerprint density at radius 3 is 2.12 bits per heavy atom. The van der Waals surface area contributed by atoms with E-state index >= 15 is 0 Å². The van der Waals surface area contributed by atoms with Gasteiger partial charge in [-0.3, -0.25) is 0 Å². The first kappa shape index (κ1) is 15.2. The number of nitrogens with one attached hydrogen (secondary N) is 1. The Morgan fingerprint density at radius 2 is 1.59 bits per heavy atom. The van der Waals surface area contributed by atoms with Crippen molar-refractivity contribution in [3.05, 3.63) is 0 Å². The summed E-state index contributed by atoms with van der Waals surface area (Å²) >= 11 is 0. The van der Waals surface area contributed by atoms with Crippen LogP contribution < -0.4 is 10.5 Å². The van der Waals surface area contributed by atoms with E-state index in [1.54, 1.807) is 4.31 Å². The van der Waals surface area contributed by atoms with E-state index in [1.807, 2.05) is 0 Å². The molecule has 0 atom stereocenters. The van der Waals surface area contributed by atoms with Gasteiger partial charge in [0.25, 0.3) is 10.2 Å². The van der Waals surface area contributed by atoms with Crippen molar-refractivity contribution in [2.75, 3.05) is 13.1 Å². The molecule has 5 nitrogen and oxygen atoms in total. The molecule has 0 aromatic heterocycles. The quantitative estimate of drug-likeness (QED) is 0.797. The largest absolute Gasteiger partial charge is 0.328 e. The molecule has 102 valence electrons. The average Bonchev–Trinajstić information content (AvgIpc) is 2.75. The van der Waals surface area contributed by atoms with E-state index in [4.69, 9.17) is 5.73 Å². The summed E-state index contributed by atoms with van der Waals surface area (Å²) in [6.45, 7) is 1.34. The van der Waals surface area contributed by atoms with E-state index in [-0.39, 0.29) is 24.5 Å². The van der Waals surface area contributed by atoms with Gasteiger partial charge in [0, 0.05) is 25.2 Å². The van der Waals surface area contributed by atoms with Crippen molar-refractivity contribution in [1.82, 2.24) is 9.03 Å². The van der Waals surface area contributed by atoms with E-state index in [9.17, 15) is 8.42 Å². The fourth-order valence-corrected chi connectivity index (χ4v) is 4.00. The smallest absolute Gasteiger partial charge is 0.279 e. The third-order valence-corrected chi connectivity index (χ3v) is 5.17. The van der Waals surface area contributed by atoms with Gasteiger partial charge in [0.15, 0.2) is 0 Å². The zero-order valence-corrected chi connectivity index (χ0v) is 11.6. The zero-order valence-electron chi connectivity index (χ0n) is 9.97. The first-order chi connectivity index (χ1) is 7.58. The van der Waals surface area contributed by atoms with Crippen molar-refractivity contribution < 1.29 is 8.42 Å². The molecule has 2 rings (SSSR count). The van der Waals surface area contributed by atoms with Crippen molar-refractivity contribution in [3.8, 4) is 0 Å². The van der Waals surface area contributed by atoms with Crippen LogP contribution in [0, 0.1) is 0 Å². The molecule has 1 aliphatic heterocycles. The van der Waals surface area contributed by atoms with Crippen LogP contribution in [0.3, 0.4) is 0 Å². The monoisotopic (exact) mass is 283 g/mol. The van der Waals surface area contributed by atoms with Gasteiger partial charge in [0.1, 0.15) is 0 Å². The molecule has 17 heavy (non-hydrogen) atoms. The van der Waals surface area contributed by atoms with Gasteiger partial charge >= 0.3 is 0 Å². The van der Waals surface area contributed by atoms with Crippen LogP contribution in [-0.2, 0) is 10.2 Å². The van der Waals surface area contributed by atoms with Crippen LogP contribution in [-0.4, -0.2) is 37.9 Å². The maximum Gasteiger partial charge on any atom is 0.279 e. The number of rotatable bonds is 3. The van der Waals surface area contributed by atoms with Gasteiger partial charge in [-0.2, -0.15) is 17.4 Å². The highest BCUT2D eigenvalue weighted by molar-refractivity contribution is 7.87. The minimum absolute atomic E-state index is 0. The standard InChI is InChI=1S/C10H21N3O2S.ClH/c11-9-3-5-10(6-4-9)12-16(14,15)13-7-1-2-8-13;/h9-10,12H,1-8,11H2;1H. The molecule has 0 aromatic rings. The molecule has 0 amide bonds. The van der Waals surface area contributed by atoms with Crippen LogP contribution in [0.25, 0.3) is 0 Å². The fourth-order valence-electron chi connectivity index (χ4n) is 2.45. The second kappa shape index (κ2) is 6.33. The summed E-state index contributed by atoms with van der Waals surface area (Å²) in [6, 6.07) is 0.345. The van der Waals surface area contributed by atoms with Gasteiger partial charge in [-0.1, -0.05) is 0 Å². The minimum atomic E-state index is -3.23. The SMILES string of the molecule is Cl.NC1CCC(NS(=O)(=O)N2CCCC2)CC1. The van der Waals surface area contributed by atoms with Crippen LogP contribution in [0.2, 0.25) is 0 Å². The Balaban J connectivity index is 0.00000144. The van der Waals surface area contributed by atoms with Gasteiger partial charge in [-0.15, -0.1) is 12.4 Å². The zero-order chi connectivity index (χ0) is 11.6. The topological polar surface area (TPSA) is 75.4 Å². The molecule has 1 aliphatic carbocycles. The summed E-state index contributed by atoms with van der Waals surface area (Å²) in [5.41, 5.74) is 5.80. The fraction of sp³-hybridized carbons (Fsp3) is 1.00. The van der Waals surface area contributed by atoms with Crippen LogP contribution in [0.15, 0.2) is 0 Å². The second-order valence-electron chi connectivity index (χ2n) is 4.84. The summed E-state index contributed by atoms with van der Waals surface area (Å²) < 4.78 is 28.3. The molecular weight excluding hydrogens is 262 g/mol. The molecule has 0 unspecified atom stereocenters. The second-order valence-corrected chi connectivity index (χ2v) is 6.54. The predicted molar refractivity (Wildman–Crippen MR) is 70.3 cm³/mol. The number of hydrogen-bond acceptors (Lipinski definition) is 3. The highest BCUT2D eigenvalue weighted by Crippen LogP contribution is 2.19.